The number of rotatable bonds is 9. The molecule has 2 aromatic carbocycles. The van der Waals surface area contributed by atoms with Crippen molar-refractivity contribution in [2.24, 2.45) is 5.92 Å². The third-order valence-corrected chi connectivity index (χ3v) is 9.59. The average Bonchev–Trinajstić information content (AvgIpc) is 3.42. The summed E-state index contributed by atoms with van der Waals surface area (Å²) < 4.78 is 52.8. The van der Waals surface area contributed by atoms with Crippen molar-refractivity contribution in [2.45, 2.75) is 24.2 Å². The summed E-state index contributed by atoms with van der Waals surface area (Å²) in [5.41, 5.74) is 1.89. The standard InChI is InChI=1S/C24H29N3O5S2/c28-24(25-13-11-20-5-2-1-3-6-20)17-21-7-9-23(10-8-21)34(31,32)27-15-12-22(19-27)18-26-14-4-16-33(26,29)30/h1-10,16,22H,11-15,17-19H2,(H,25,28)/t22-/m1/s1. The van der Waals surface area contributed by atoms with Gasteiger partial charge in [-0.1, -0.05) is 48.5 Å². The molecule has 2 aliphatic rings. The summed E-state index contributed by atoms with van der Waals surface area (Å²) in [5, 5.41) is 4.09. The molecule has 2 aromatic rings. The zero-order chi connectivity index (χ0) is 24.2. The number of benzene rings is 2. The number of nitrogens with one attached hydrogen (secondary N) is 1. The lowest BCUT2D eigenvalue weighted by atomic mass is 10.1. The molecule has 34 heavy (non-hydrogen) atoms. The summed E-state index contributed by atoms with van der Waals surface area (Å²) in [7, 11) is -7.04. The summed E-state index contributed by atoms with van der Waals surface area (Å²) >= 11 is 0. The fraction of sp³-hybridized carbons (Fsp3) is 0.375. The second-order valence-corrected chi connectivity index (χ2v) is 12.4. The molecule has 0 aliphatic carbocycles. The first-order chi connectivity index (χ1) is 16.2. The summed E-state index contributed by atoms with van der Waals surface area (Å²) in [6.45, 7) is 1.85. The van der Waals surface area contributed by atoms with Crippen molar-refractivity contribution in [3.05, 3.63) is 77.2 Å². The van der Waals surface area contributed by atoms with Crippen molar-refractivity contribution < 1.29 is 21.6 Å². The smallest absolute Gasteiger partial charge is 0.243 e. The maximum Gasteiger partial charge on any atom is 0.243 e. The molecular weight excluding hydrogens is 474 g/mol. The summed E-state index contributed by atoms with van der Waals surface area (Å²) in [5.74, 6) is -0.149. The van der Waals surface area contributed by atoms with E-state index in [2.05, 4.69) is 5.32 Å². The molecule has 0 aromatic heterocycles. The van der Waals surface area contributed by atoms with E-state index in [1.54, 1.807) is 18.2 Å². The Hall–Kier alpha value is -2.53. The molecule has 10 heteroatoms. The van der Waals surface area contributed by atoms with Crippen LogP contribution < -0.4 is 5.32 Å². The van der Waals surface area contributed by atoms with Crippen LogP contribution in [0.2, 0.25) is 0 Å². The van der Waals surface area contributed by atoms with Crippen LogP contribution in [0, 0.1) is 5.92 Å². The average molecular weight is 504 g/mol. The molecule has 1 N–H and O–H groups in total. The zero-order valence-corrected chi connectivity index (χ0v) is 20.5. The van der Waals surface area contributed by atoms with Crippen molar-refractivity contribution >= 4 is 26.0 Å². The molecule has 2 heterocycles. The maximum atomic E-state index is 13.1. The molecule has 4 rings (SSSR count). The van der Waals surface area contributed by atoms with E-state index in [1.165, 1.54) is 26.2 Å². The van der Waals surface area contributed by atoms with E-state index in [-0.39, 0.29) is 23.1 Å². The SMILES string of the molecule is O=C(Cc1ccc(S(=O)(=O)N2CC[C@H](CN3CC=CS3(=O)=O)C2)cc1)NCCc1ccccc1. The topological polar surface area (TPSA) is 104 Å². The van der Waals surface area contributed by atoms with Gasteiger partial charge in [-0.15, -0.1) is 0 Å². The molecule has 0 spiro atoms. The molecule has 1 fully saturated rings. The van der Waals surface area contributed by atoms with Gasteiger partial charge in [-0.25, -0.2) is 16.8 Å². The van der Waals surface area contributed by atoms with Crippen molar-refractivity contribution in [2.75, 3.05) is 32.7 Å². The highest BCUT2D eigenvalue weighted by atomic mass is 32.2. The first kappa shape index (κ1) is 24.6. The Kier molecular flexibility index (Phi) is 7.51. The van der Waals surface area contributed by atoms with Crippen LogP contribution in [0.3, 0.4) is 0 Å². The van der Waals surface area contributed by atoms with Crippen LogP contribution in [0.5, 0.6) is 0 Å². The molecule has 1 atom stereocenters. The van der Waals surface area contributed by atoms with E-state index in [1.807, 2.05) is 30.3 Å². The van der Waals surface area contributed by atoms with Crippen LogP contribution in [-0.4, -0.2) is 64.1 Å². The van der Waals surface area contributed by atoms with Crippen molar-refractivity contribution in [1.29, 1.82) is 0 Å². The Bertz CT molecular complexity index is 1240. The third kappa shape index (κ3) is 5.93. The number of nitrogens with zero attached hydrogens (tertiary/aromatic N) is 2. The first-order valence-electron chi connectivity index (χ1n) is 11.3. The predicted molar refractivity (Wildman–Crippen MR) is 130 cm³/mol. The van der Waals surface area contributed by atoms with Gasteiger partial charge in [0.05, 0.1) is 11.3 Å². The van der Waals surface area contributed by atoms with Crippen LogP contribution in [-0.2, 0) is 37.7 Å². The van der Waals surface area contributed by atoms with Crippen LogP contribution in [0.4, 0.5) is 0 Å². The Balaban J connectivity index is 1.28. The van der Waals surface area contributed by atoms with Gasteiger partial charge in [-0.3, -0.25) is 4.79 Å². The van der Waals surface area contributed by atoms with Gasteiger partial charge in [0.25, 0.3) is 0 Å². The quantitative estimate of drug-likeness (QED) is 0.562. The zero-order valence-electron chi connectivity index (χ0n) is 18.8. The molecule has 8 nitrogen and oxygen atoms in total. The number of carbonyl (C=O) groups excluding carboxylic acids is 1. The fourth-order valence-electron chi connectivity index (χ4n) is 4.27. The normalized spacial score (nSPS) is 20.5. The highest BCUT2D eigenvalue weighted by Gasteiger charge is 2.35. The lowest BCUT2D eigenvalue weighted by Crippen LogP contribution is -2.34. The number of amides is 1. The molecule has 0 unspecified atom stereocenters. The van der Waals surface area contributed by atoms with Gasteiger partial charge < -0.3 is 5.32 Å². The highest BCUT2D eigenvalue weighted by Crippen LogP contribution is 2.26. The second-order valence-electron chi connectivity index (χ2n) is 8.66. The molecule has 0 saturated carbocycles. The Morgan fingerprint density at radius 2 is 1.76 bits per heavy atom. The second kappa shape index (κ2) is 10.4. The van der Waals surface area contributed by atoms with Crippen molar-refractivity contribution in [3.63, 3.8) is 0 Å². The molecule has 0 radical (unpaired) electrons. The number of sulfonamides is 2. The van der Waals surface area contributed by atoms with Gasteiger partial charge in [-0.2, -0.15) is 8.61 Å². The Morgan fingerprint density at radius 1 is 1.03 bits per heavy atom. The molecule has 1 saturated heterocycles. The molecule has 0 bridgehead atoms. The molecule has 182 valence electrons. The lowest BCUT2D eigenvalue weighted by Gasteiger charge is -2.20. The first-order valence-corrected chi connectivity index (χ1v) is 14.2. The number of hydrogen-bond acceptors (Lipinski definition) is 5. The highest BCUT2D eigenvalue weighted by molar-refractivity contribution is 7.92. The summed E-state index contributed by atoms with van der Waals surface area (Å²) in [6, 6.07) is 16.3. The Labute approximate surface area is 201 Å². The van der Waals surface area contributed by atoms with Gasteiger partial charge >= 0.3 is 0 Å². The third-order valence-electron chi connectivity index (χ3n) is 6.15. The summed E-state index contributed by atoms with van der Waals surface area (Å²) in [6.07, 6.45) is 3.15. The van der Waals surface area contributed by atoms with Crippen LogP contribution >= 0.6 is 0 Å². The number of carbonyl (C=O) groups is 1. The van der Waals surface area contributed by atoms with Crippen LogP contribution in [0.1, 0.15) is 17.5 Å². The van der Waals surface area contributed by atoms with Gasteiger partial charge in [0.1, 0.15) is 0 Å². The van der Waals surface area contributed by atoms with Gasteiger partial charge in [0.15, 0.2) is 0 Å². The maximum absolute atomic E-state index is 13.1. The lowest BCUT2D eigenvalue weighted by molar-refractivity contribution is -0.120. The van der Waals surface area contributed by atoms with Crippen LogP contribution in [0.15, 0.2) is 71.0 Å². The molecule has 1 amide bonds. The van der Waals surface area contributed by atoms with Gasteiger partial charge in [0, 0.05) is 38.1 Å². The van der Waals surface area contributed by atoms with E-state index in [4.69, 9.17) is 0 Å². The van der Waals surface area contributed by atoms with Gasteiger partial charge in [-0.05, 0) is 42.0 Å². The minimum Gasteiger partial charge on any atom is -0.355 e. The monoisotopic (exact) mass is 503 g/mol. The summed E-state index contributed by atoms with van der Waals surface area (Å²) in [4.78, 5) is 12.4. The minimum absolute atomic E-state index is 0.0386. The molecular formula is C24H29N3O5S2. The predicted octanol–water partition coefficient (Wildman–Crippen LogP) is 1.76. The number of hydrogen-bond donors (Lipinski definition) is 1. The van der Waals surface area contributed by atoms with E-state index in [0.29, 0.717) is 39.1 Å². The van der Waals surface area contributed by atoms with Gasteiger partial charge in [0.2, 0.25) is 26.0 Å². The van der Waals surface area contributed by atoms with Crippen molar-refractivity contribution in [3.8, 4) is 0 Å². The fourth-order valence-corrected chi connectivity index (χ4v) is 7.02. The van der Waals surface area contributed by atoms with Crippen molar-refractivity contribution in [1.82, 2.24) is 13.9 Å². The van der Waals surface area contributed by atoms with E-state index >= 15 is 0 Å². The van der Waals surface area contributed by atoms with E-state index < -0.39 is 20.0 Å². The van der Waals surface area contributed by atoms with E-state index in [0.717, 1.165) is 17.5 Å². The molecule has 2 aliphatic heterocycles. The Morgan fingerprint density at radius 3 is 2.44 bits per heavy atom. The van der Waals surface area contributed by atoms with Crippen LogP contribution in [0.25, 0.3) is 0 Å². The largest absolute Gasteiger partial charge is 0.355 e. The minimum atomic E-state index is -3.67. The van der Waals surface area contributed by atoms with E-state index in [9.17, 15) is 21.6 Å².